The van der Waals surface area contributed by atoms with E-state index in [-0.39, 0.29) is 24.1 Å². The van der Waals surface area contributed by atoms with Crippen LogP contribution in [0.4, 0.5) is 4.39 Å². The van der Waals surface area contributed by atoms with Gasteiger partial charge in [-0.1, -0.05) is 48.5 Å². The predicted octanol–water partition coefficient (Wildman–Crippen LogP) is 6.25. The van der Waals surface area contributed by atoms with E-state index in [2.05, 4.69) is 11.4 Å². The lowest BCUT2D eigenvalue weighted by Gasteiger charge is -2.29. The molecular weight excluding hydrogens is 481 g/mol. The molecule has 0 radical (unpaired) electrons. The molecule has 0 spiro atoms. The number of carbonyl (C=O) groups is 1. The number of aliphatic hydroxyl groups is 1. The lowest BCUT2D eigenvalue weighted by atomic mass is 9.92. The quantitative estimate of drug-likeness (QED) is 0.264. The van der Waals surface area contributed by atoms with Crippen LogP contribution in [0.3, 0.4) is 0 Å². The van der Waals surface area contributed by atoms with Crippen LogP contribution in [0.25, 0.3) is 11.1 Å². The number of hydrogen-bond donors (Lipinski definition) is 3. The van der Waals surface area contributed by atoms with Crippen molar-refractivity contribution in [3.8, 4) is 11.1 Å². The highest BCUT2D eigenvalue weighted by Crippen LogP contribution is 2.46. The number of β-amino-alcohol motifs (C(OH)–C–C–N with tert-alkyl or cyclic N) is 1. The van der Waals surface area contributed by atoms with Gasteiger partial charge in [-0.05, 0) is 98.4 Å². The number of aromatic carboxylic acids is 1. The third-order valence-electron chi connectivity index (χ3n) is 7.25. The minimum Gasteiger partial charge on any atom is -0.478 e. The highest BCUT2D eigenvalue weighted by Gasteiger charge is 2.35. The Balaban J connectivity index is 1.40. The largest absolute Gasteiger partial charge is 0.478 e. The molecule has 0 aliphatic heterocycles. The van der Waals surface area contributed by atoms with Crippen molar-refractivity contribution in [1.29, 1.82) is 0 Å². The average molecular weight is 520 g/mol. The van der Waals surface area contributed by atoms with Crippen LogP contribution in [0.2, 0.25) is 0 Å². The fraction of sp³-hybridized carbons (Fsp3) is 0.406. The molecule has 1 unspecified atom stereocenters. The Morgan fingerprint density at radius 2 is 1.82 bits per heavy atom. The van der Waals surface area contributed by atoms with Gasteiger partial charge in [0.15, 0.2) is 0 Å². The van der Waals surface area contributed by atoms with Crippen molar-refractivity contribution in [3.63, 3.8) is 0 Å². The summed E-state index contributed by atoms with van der Waals surface area (Å²) in [6.07, 6.45) is 1.93. The SMILES string of the molecule is Cc1ccc(CC(C)(C)NC[C@H](O)COC(c2ccccc2-c2ccc(C(=O)O)c(C)c2)C2CC2)cc1F. The number of hydrogen-bond acceptors (Lipinski definition) is 4. The maximum atomic E-state index is 14.0. The molecule has 1 saturated carbocycles. The standard InChI is InChI=1S/C32H38FNO4/c1-20-9-10-22(16-29(20)33)17-32(3,4)34-18-25(35)19-38-30(23-11-12-23)28-8-6-5-7-27(28)24-13-14-26(31(36)37)21(2)15-24/h5-10,13-16,23,25,30,34-35H,11-12,17-19H2,1-4H3,(H,36,37)/t25-,30?/m0/s1. The van der Waals surface area contributed by atoms with Crippen LogP contribution >= 0.6 is 0 Å². The van der Waals surface area contributed by atoms with Gasteiger partial charge in [0.05, 0.1) is 24.4 Å². The van der Waals surface area contributed by atoms with Gasteiger partial charge in [0.1, 0.15) is 5.82 Å². The van der Waals surface area contributed by atoms with E-state index in [0.717, 1.165) is 35.1 Å². The number of benzene rings is 3. The van der Waals surface area contributed by atoms with Crippen LogP contribution in [0.5, 0.6) is 0 Å². The van der Waals surface area contributed by atoms with E-state index < -0.39 is 12.1 Å². The maximum Gasteiger partial charge on any atom is 0.335 e. The van der Waals surface area contributed by atoms with E-state index in [1.807, 2.05) is 57.2 Å². The number of ether oxygens (including phenoxy) is 1. The molecule has 0 amide bonds. The molecule has 1 aliphatic rings. The summed E-state index contributed by atoms with van der Waals surface area (Å²) >= 11 is 0. The molecule has 1 fully saturated rings. The summed E-state index contributed by atoms with van der Waals surface area (Å²) in [4.78, 5) is 11.5. The summed E-state index contributed by atoms with van der Waals surface area (Å²) in [5.74, 6) is -0.743. The molecule has 3 aromatic carbocycles. The molecule has 1 aliphatic carbocycles. The molecule has 3 aromatic rings. The van der Waals surface area contributed by atoms with Crippen LogP contribution in [-0.4, -0.2) is 41.0 Å². The zero-order valence-electron chi connectivity index (χ0n) is 22.6. The van der Waals surface area contributed by atoms with Gasteiger partial charge in [-0.2, -0.15) is 0 Å². The summed E-state index contributed by atoms with van der Waals surface area (Å²) in [6, 6.07) is 18.8. The highest BCUT2D eigenvalue weighted by molar-refractivity contribution is 5.90. The fourth-order valence-corrected chi connectivity index (χ4v) is 4.94. The number of carboxylic acids is 1. The van der Waals surface area contributed by atoms with Gasteiger partial charge in [-0.15, -0.1) is 0 Å². The van der Waals surface area contributed by atoms with Gasteiger partial charge in [0.2, 0.25) is 0 Å². The Labute approximate surface area is 224 Å². The number of halogens is 1. The molecule has 202 valence electrons. The van der Waals surface area contributed by atoms with Gasteiger partial charge >= 0.3 is 5.97 Å². The molecule has 5 nitrogen and oxygen atoms in total. The molecule has 6 heteroatoms. The lowest BCUT2D eigenvalue weighted by molar-refractivity contribution is -0.0209. The molecule has 38 heavy (non-hydrogen) atoms. The van der Waals surface area contributed by atoms with Crippen molar-refractivity contribution in [2.24, 2.45) is 5.92 Å². The topological polar surface area (TPSA) is 78.8 Å². The zero-order chi connectivity index (χ0) is 27.4. The molecule has 4 rings (SSSR count). The fourth-order valence-electron chi connectivity index (χ4n) is 4.94. The van der Waals surface area contributed by atoms with Crippen molar-refractivity contribution in [3.05, 3.63) is 94.3 Å². The Bertz CT molecular complexity index is 1280. The van der Waals surface area contributed by atoms with Crippen LogP contribution in [0, 0.1) is 25.6 Å². The van der Waals surface area contributed by atoms with Crippen molar-refractivity contribution < 1.29 is 24.1 Å². The smallest absolute Gasteiger partial charge is 0.335 e. The number of carboxylic acid groups (broad SMARTS) is 1. The monoisotopic (exact) mass is 519 g/mol. The Morgan fingerprint density at radius 3 is 2.47 bits per heavy atom. The molecule has 3 N–H and O–H groups in total. The minimum atomic E-state index is -0.932. The first kappa shape index (κ1) is 28.0. The highest BCUT2D eigenvalue weighted by atomic mass is 19.1. The number of rotatable bonds is 12. The van der Waals surface area contributed by atoms with E-state index in [1.165, 1.54) is 0 Å². The zero-order valence-corrected chi connectivity index (χ0v) is 22.6. The van der Waals surface area contributed by atoms with Gasteiger partial charge in [-0.25, -0.2) is 9.18 Å². The third-order valence-corrected chi connectivity index (χ3v) is 7.25. The first-order chi connectivity index (χ1) is 18.0. The van der Waals surface area contributed by atoms with Gasteiger partial charge in [-0.3, -0.25) is 0 Å². The molecule has 2 atom stereocenters. The van der Waals surface area contributed by atoms with Crippen LogP contribution in [-0.2, 0) is 11.2 Å². The first-order valence-corrected chi connectivity index (χ1v) is 13.3. The molecule has 0 heterocycles. The average Bonchev–Trinajstić information content (AvgIpc) is 3.70. The van der Waals surface area contributed by atoms with Gasteiger partial charge in [0, 0.05) is 12.1 Å². The summed E-state index contributed by atoms with van der Waals surface area (Å²) < 4.78 is 20.3. The van der Waals surface area contributed by atoms with E-state index in [1.54, 1.807) is 25.1 Å². The van der Waals surface area contributed by atoms with Crippen molar-refractivity contribution in [2.45, 2.75) is 64.7 Å². The number of aryl methyl sites for hydroxylation is 2. The van der Waals surface area contributed by atoms with E-state index >= 15 is 0 Å². The maximum absolute atomic E-state index is 14.0. The van der Waals surface area contributed by atoms with Gasteiger partial charge in [0.25, 0.3) is 0 Å². The van der Waals surface area contributed by atoms with Crippen molar-refractivity contribution in [1.82, 2.24) is 5.32 Å². The normalized spacial score (nSPS) is 15.3. The summed E-state index contributed by atoms with van der Waals surface area (Å²) in [7, 11) is 0. The summed E-state index contributed by atoms with van der Waals surface area (Å²) in [5.41, 5.74) is 5.25. The first-order valence-electron chi connectivity index (χ1n) is 13.3. The summed E-state index contributed by atoms with van der Waals surface area (Å²) in [6.45, 7) is 8.19. The Morgan fingerprint density at radius 1 is 1.08 bits per heavy atom. The van der Waals surface area contributed by atoms with Crippen LogP contribution in [0.1, 0.15) is 65.4 Å². The number of nitrogens with one attached hydrogen (secondary N) is 1. The summed E-state index contributed by atoms with van der Waals surface area (Å²) in [5, 5.41) is 23.6. The molecular formula is C32H38FNO4. The van der Waals surface area contributed by atoms with Crippen molar-refractivity contribution in [2.75, 3.05) is 13.2 Å². The molecule has 0 saturated heterocycles. The molecule has 0 bridgehead atoms. The predicted molar refractivity (Wildman–Crippen MR) is 148 cm³/mol. The minimum absolute atomic E-state index is 0.149. The van der Waals surface area contributed by atoms with Gasteiger partial charge < -0.3 is 20.3 Å². The molecule has 0 aromatic heterocycles. The number of aliphatic hydroxyl groups excluding tert-OH is 1. The Kier molecular flexibility index (Phi) is 8.66. The Hall–Kier alpha value is -3.06. The second kappa shape index (κ2) is 11.8. The van der Waals surface area contributed by atoms with E-state index in [9.17, 15) is 19.4 Å². The van der Waals surface area contributed by atoms with Crippen LogP contribution in [0.15, 0.2) is 60.7 Å². The lowest BCUT2D eigenvalue weighted by Crippen LogP contribution is -2.46. The van der Waals surface area contributed by atoms with E-state index in [4.69, 9.17) is 4.74 Å². The van der Waals surface area contributed by atoms with Crippen molar-refractivity contribution >= 4 is 5.97 Å². The second-order valence-electron chi connectivity index (χ2n) is 11.2. The van der Waals surface area contributed by atoms with E-state index in [0.29, 0.717) is 35.6 Å². The third kappa shape index (κ3) is 7.07. The van der Waals surface area contributed by atoms with Crippen LogP contribution < -0.4 is 5.32 Å². The second-order valence-corrected chi connectivity index (χ2v) is 11.2.